The van der Waals surface area contributed by atoms with Gasteiger partial charge in [0.1, 0.15) is 5.65 Å². The van der Waals surface area contributed by atoms with Crippen LogP contribution in [0.2, 0.25) is 5.02 Å². The SMILES string of the molecule is C=CC(=O)Nc1ccc(C(=O)N2CCC(Nc3ncc(Cl)c(-c4c[nH]c5ncccc45)n3)CC2)cc1NC1CCOCC1. The molecule has 0 unspecified atom stereocenters. The van der Waals surface area contributed by atoms with Crippen molar-refractivity contribution in [3.63, 3.8) is 0 Å². The highest BCUT2D eigenvalue weighted by Crippen LogP contribution is 2.32. The molecule has 5 heterocycles. The number of likely N-dealkylation sites (tertiary alicyclic amines) is 1. The van der Waals surface area contributed by atoms with Crippen LogP contribution in [0, 0.1) is 0 Å². The Balaban J connectivity index is 1.11. The van der Waals surface area contributed by atoms with Crippen LogP contribution in [0.3, 0.4) is 0 Å². The second-order valence-corrected chi connectivity index (χ2v) is 11.1. The molecule has 6 rings (SSSR count). The topological polar surface area (TPSA) is 137 Å². The van der Waals surface area contributed by atoms with Crippen molar-refractivity contribution in [2.75, 3.05) is 42.3 Å². The van der Waals surface area contributed by atoms with E-state index in [0.717, 1.165) is 42.3 Å². The monoisotopic (exact) mass is 600 g/mol. The van der Waals surface area contributed by atoms with E-state index in [2.05, 4.69) is 37.5 Å². The van der Waals surface area contributed by atoms with Gasteiger partial charge in [0.2, 0.25) is 11.9 Å². The summed E-state index contributed by atoms with van der Waals surface area (Å²) in [5, 5.41) is 11.2. The predicted molar refractivity (Wildman–Crippen MR) is 167 cm³/mol. The van der Waals surface area contributed by atoms with Crippen LogP contribution in [0.25, 0.3) is 22.3 Å². The number of pyridine rings is 1. The van der Waals surface area contributed by atoms with Crippen molar-refractivity contribution in [1.29, 1.82) is 0 Å². The summed E-state index contributed by atoms with van der Waals surface area (Å²) in [5.74, 6) is 0.135. The Kier molecular flexibility index (Phi) is 8.52. The summed E-state index contributed by atoms with van der Waals surface area (Å²) < 4.78 is 5.47. The van der Waals surface area contributed by atoms with E-state index in [0.29, 0.717) is 59.9 Å². The Morgan fingerprint density at radius 1 is 1.05 bits per heavy atom. The van der Waals surface area contributed by atoms with Crippen LogP contribution in [-0.2, 0) is 9.53 Å². The fourth-order valence-corrected chi connectivity index (χ4v) is 5.71. The first-order valence-electron chi connectivity index (χ1n) is 14.4. The Morgan fingerprint density at radius 2 is 1.84 bits per heavy atom. The van der Waals surface area contributed by atoms with Gasteiger partial charge in [-0.3, -0.25) is 9.59 Å². The molecule has 0 radical (unpaired) electrons. The van der Waals surface area contributed by atoms with Crippen molar-refractivity contribution in [3.8, 4) is 11.3 Å². The summed E-state index contributed by atoms with van der Waals surface area (Å²) >= 11 is 6.48. The lowest BCUT2D eigenvalue weighted by molar-refractivity contribution is -0.111. The number of nitrogens with zero attached hydrogens (tertiary/aromatic N) is 4. The van der Waals surface area contributed by atoms with Crippen molar-refractivity contribution in [3.05, 3.63) is 72.2 Å². The van der Waals surface area contributed by atoms with Gasteiger partial charge >= 0.3 is 0 Å². The first-order chi connectivity index (χ1) is 21.0. The molecule has 2 aliphatic rings. The third-order valence-corrected chi connectivity index (χ3v) is 8.13. The van der Waals surface area contributed by atoms with Crippen LogP contribution in [-0.4, -0.2) is 75.0 Å². The maximum atomic E-state index is 13.5. The molecule has 3 aromatic heterocycles. The first kappa shape index (κ1) is 28.6. The molecule has 2 amide bonds. The summed E-state index contributed by atoms with van der Waals surface area (Å²) in [7, 11) is 0. The lowest BCUT2D eigenvalue weighted by Crippen LogP contribution is -2.42. The average Bonchev–Trinajstić information content (AvgIpc) is 3.47. The molecule has 11 nitrogen and oxygen atoms in total. The highest BCUT2D eigenvalue weighted by atomic mass is 35.5. The number of hydrogen-bond donors (Lipinski definition) is 4. The predicted octanol–water partition coefficient (Wildman–Crippen LogP) is 5.11. The van der Waals surface area contributed by atoms with Gasteiger partial charge in [-0.1, -0.05) is 18.2 Å². The van der Waals surface area contributed by atoms with Crippen LogP contribution < -0.4 is 16.0 Å². The summed E-state index contributed by atoms with van der Waals surface area (Å²) in [6, 6.07) is 9.49. The molecule has 2 fully saturated rings. The van der Waals surface area contributed by atoms with Gasteiger partial charge in [-0.2, -0.15) is 0 Å². The molecule has 2 aliphatic heterocycles. The Bertz CT molecular complexity index is 1640. The molecule has 12 heteroatoms. The van der Waals surface area contributed by atoms with Crippen molar-refractivity contribution in [2.45, 2.75) is 37.8 Å². The maximum absolute atomic E-state index is 13.5. The van der Waals surface area contributed by atoms with E-state index in [1.165, 1.54) is 6.08 Å². The normalized spacial score (nSPS) is 16.2. The van der Waals surface area contributed by atoms with Gasteiger partial charge in [-0.05, 0) is 62.1 Å². The number of anilines is 3. The summed E-state index contributed by atoms with van der Waals surface area (Å²) in [6.07, 6.45) is 9.60. The van der Waals surface area contributed by atoms with E-state index >= 15 is 0 Å². The summed E-state index contributed by atoms with van der Waals surface area (Å²) in [6.45, 7) is 6.07. The van der Waals surface area contributed by atoms with E-state index in [1.54, 1.807) is 24.5 Å². The highest BCUT2D eigenvalue weighted by molar-refractivity contribution is 6.33. The minimum atomic E-state index is -0.307. The van der Waals surface area contributed by atoms with Crippen LogP contribution in [0.5, 0.6) is 0 Å². The van der Waals surface area contributed by atoms with E-state index in [1.807, 2.05) is 29.3 Å². The van der Waals surface area contributed by atoms with Crippen LogP contribution >= 0.6 is 11.6 Å². The van der Waals surface area contributed by atoms with Crippen molar-refractivity contribution in [2.24, 2.45) is 0 Å². The van der Waals surface area contributed by atoms with Crippen molar-refractivity contribution in [1.82, 2.24) is 24.8 Å². The summed E-state index contributed by atoms with van der Waals surface area (Å²) in [4.78, 5) is 44.0. The number of amides is 2. The van der Waals surface area contributed by atoms with Crippen LogP contribution in [0.1, 0.15) is 36.0 Å². The number of aromatic amines is 1. The molecule has 1 aromatic carbocycles. The molecular weight excluding hydrogens is 568 g/mol. The molecular formula is C31H33ClN8O3. The number of fused-ring (bicyclic) bond motifs is 1. The molecule has 43 heavy (non-hydrogen) atoms. The number of H-pyrrole nitrogens is 1. The average molecular weight is 601 g/mol. The molecule has 4 N–H and O–H groups in total. The lowest BCUT2D eigenvalue weighted by Gasteiger charge is -2.33. The third kappa shape index (κ3) is 6.47. The second-order valence-electron chi connectivity index (χ2n) is 10.7. The zero-order valence-corrected chi connectivity index (χ0v) is 24.4. The van der Waals surface area contributed by atoms with Gasteiger partial charge in [0.05, 0.1) is 28.3 Å². The van der Waals surface area contributed by atoms with E-state index in [9.17, 15) is 9.59 Å². The molecule has 0 aliphatic carbocycles. The molecule has 0 spiro atoms. The maximum Gasteiger partial charge on any atom is 0.253 e. The minimum absolute atomic E-state index is 0.0481. The van der Waals surface area contributed by atoms with Crippen LogP contribution in [0.4, 0.5) is 17.3 Å². The van der Waals surface area contributed by atoms with Gasteiger partial charge in [0.15, 0.2) is 0 Å². The number of hydrogen-bond acceptors (Lipinski definition) is 8. The molecule has 2 saturated heterocycles. The molecule has 4 aromatic rings. The molecule has 222 valence electrons. The first-order valence-corrected chi connectivity index (χ1v) is 14.8. The Morgan fingerprint density at radius 3 is 2.63 bits per heavy atom. The minimum Gasteiger partial charge on any atom is -0.381 e. The van der Waals surface area contributed by atoms with E-state index in [-0.39, 0.29) is 23.9 Å². The third-order valence-electron chi connectivity index (χ3n) is 7.86. The van der Waals surface area contributed by atoms with Crippen molar-refractivity contribution >= 4 is 51.8 Å². The van der Waals surface area contributed by atoms with Gasteiger partial charge in [-0.25, -0.2) is 15.0 Å². The van der Waals surface area contributed by atoms with Crippen LogP contribution in [0.15, 0.2) is 61.6 Å². The number of piperidine rings is 1. The number of benzene rings is 1. The number of ether oxygens (including phenoxy) is 1. The molecule has 0 bridgehead atoms. The molecule has 0 saturated carbocycles. The largest absolute Gasteiger partial charge is 0.381 e. The Labute approximate surface area is 254 Å². The smallest absolute Gasteiger partial charge is 0.253 e. The number of halogens is 1. The fraction of sp³-hybridized carbons (Fsp3) is 0.323. The zero-order chi connectivity index (χ0) is 29.8. The fourth-order valence-electron chi connectivity index (χ4n) is 5.52. The number of carbonyl (C=O) groups is 2. The van der Waals surface area contributed by atoms with Crippen molar-refractivity contribution < 1.29 is 14.3 Å². The quantitative estimate of drug-likeness (QED) is 0.205. The standard InChI is InChI=1S/C31H33ClN8O3/c1-2-27(41)38-25-6-5-19(16-26(25)36-21-9-14-43-15-10-21)30(42)40-12-7-20(8-13-40)37-31-35-18-24(32)28(39-31)23-17-34-29-22(23)4-3-11-33-29/h2-6,11,16-18,20-21,36H,1,7-10,12-15H2,(H,33,34)(H,38,41)(H,35,37,39). The summed E-state index contributed by atoms with van der Waals surface area (Å²) in [5.41, 5.74) is 4.15. The lowest BCUT2D eigenvalue weighted by atomic mass is 10.0. The van der Waals surface area contributed by atoms with Gasteiger partial charge in [-0.15, -0.1) is 0 Å². The second kappa shape index (κ2) is 12.8. The number of rotatable bonds is 8. The zero-order valence-electron chi connectivity index (χ0n) is 23.6. The number of carbonyl (C=O) groups excluding carboxylic acids is 2. The van der Waals surface area contributed by atoms with E-state index in [4.69, 9.17) is 21.3 Å². The highest BCUT2D eigenvalue weighted by Gasteiger charge is 2.26. The van der Waals surface area contributed by atoms with Gasteiger partial charge in [0, 0.05) is 67.3 Å². The molecule has 0 atom stereocenters. The number of nitrogens with one attached hydrogen (secondary N) is 4. The van der Waals surface area contributed by atoms with Gasteiger partial charge in [0.25, 0.3) is 5.91 Å². The number of aromatic nitrogens is 4. The Hall–Kier alpha value is -4.48. The van der Waals surface area contributed by atoms with Gasteiger partial charge < -0.3 is 30.6 Å². The van der Waals surface area contributed by atoms with E-state index < -0.39 is 0 Å².